The van der Waals surface area contributed by atoms with Gasteiger partial charge in [-0.05, 0) is 12.1 Å². The number of hydrogen-bond acceptors (Lipinski definition) is 2. The van der Waals surface area contributed by atoms with Crippen LogP contribution >= 0.6 is 0 Å². The van der Waals surface area contributed by atoms with Crippen LogP contribution in [-0.2, 0) is 6.42 Å². The molecular formula is C7H8N4. The van der Waals surface area contributed by atoms with Gasteiger partial charge in [-0.2, -0.15) is 10.2 Å². The van der Waals surface area contributed by atoms with E-state index in [9.17, 15) is 0 Å². The topological polar surface area (TPSA) is 57.4 Å². The van der Waals surface area contributed by atoms with Gasteiger partial charge in [0.15, 0.2) is 0 Å². The number of aromatic amines is 2. The molecule has 2 aromatic rings. The molecule has 0 aliphatic carbocycles. The van der Waals surface area contributed by atoms with Crippen LogP contribution in [0.3, 0.4) is 0 Å². The lowest BCUT2D eigenvalue weighted by molar-refractivity contribution is 0.944. The standard InChI is InChI=1S/C7H8N4/c1-3-8-10-6(1)5-7-2-4-9-11-7/h1-4H,5H2,(H,8,10)(H,9,11). The number of hydrogen-bond donors (Lipinski definition) is 2. The minimum absolute atomic E-state index is 0.833. The van der Waals surface area contributed by atoms with Gasteiger partial charge in [-0.3, -0.25) is 10.2 Å². The summed E-state index contributed by atoms with van der Waals surface area (Å²) in [5.74, 6) is 0. The lowest BCUT2D eigenvalue weighted by atomic mass is 10.2. The second kappa shape index (κ2) is 2.57. The summed E-state index contributed by atoms with van der Waals surface area (Å²) >= 11 is 0. The molecule has 0 aliphatic heterocycles. The van der Waals surface area contributed by atoms with Crippen molar-refractivity contribution in [3.8, 4) is 0 Å². The zero-order valence-electron chi connectivity index (χ0n) is 5.91. The normalized spacial score (nSPS) is 10.2. The zero-order valence-corrected chi connectivity index (χ0v) is 5.91. The van der Waals surface area contributed by atoms with E-state index in [1.807, 2.05) is 12.1 Å². The van der Waals surface area contributed by atoms with Crippen LogP contribution in [-0.4, -0.2) is 20.4 Å². The summed E-state index contributed by atoms with van der Waals surface area (Å²) in [6.07, 6.45) is 4.32. The molecule has 0 radical (unpaired) electrons. The first-order chi connectivity index (χ1) is 5.45. The molecule has 2 rings (SSSR count). The maximum absolute atomic E-state index is 3.84. The number of nitrogens with one attached hydrogen (secondary N) is 2. The molecule has 0 amide bonds. The number of rotatable bonds is 2. The average molecular weight is 148 g/mol. The van der Waals surface area contributed by atoms with Crippen molar-refractivity contribution < 1.29 is 0 Å². The fourth-order valence-electron chi connectivity index (χ4n) is 0.971. The molecule has 0 unspecified atom stereocenters. The van der Waals surface area contributed by atoms with Crippen molar-refractivity contribution in [2.75, 3.05) is 0 Å². The highest BCUT2D eigenvalue weighted by atomic mass is 15.1. The van der Waals surface area contributed by atoms with Crippen molar-refractivity contribution in [3.05, 3.63) is 35.9 Å². The van der Waals surface area contributed by atoms with Gasteiger partial charge in [-0.1, -0.05) is 0 Å². The van der Waals surface area contributed by atoms with E-state index < -0.39 is 0 Å². The highest BCUT2D eigenvalue weighted by Crippen LogP contribution is 2.00. The Morgan fingerprint density at radius 2 is 1.55 bits per heavy atom. The summed E-state index contributed by atoms with van der Waals surface area (Å²) in [4.78, 5) is 0. The minimum atomic E-state index is 0.833. The Hall–Kier alpha value is -1.58. The molecule has 0 saturated heterocycles. The van der Waals surface area contributed by atoms with E-state index in [4.69, 9.17) is 0 Å². The second-order valence-electron chi connectivity index (χ2n) is 2.34. The van der Waals surface area contributed by atoms with Gasteiger partial charge in [0.25, 0.3) is 0 Å². The molecule has 4 nitrogen and oxygen atoms in total. The predicted octanol–water partition coefficient (Wildman–Crippen LogP) is 0.724. The lowest BCUT2D eigenvalue weighted by Gasteiger charge is -1.90. The van der Waals surface area contributed by atoms with Crippen LogP contribution in [0.5, 0.6) is 0 Å². The lowest BCUT2D eigenvalue weighted by Crippen LogP contribution is -1.88. The highest BCUT2D eigenvalue weighted by Gasteiger charge is 1.96. The van der Waals surface area contributed by atoms with Crippen molar-refractivity contribution in [3.63, 3.8) is 0 Å². The van der Waals surface area contributed by atoms with Gasteiger partial charge in [0.1, 0.15) is 0 Å². The van der Waals surface area contributed by atoms with Gasteiger partial charge < -0.3 is 0 Å². The Morgan fingerprint density at radius 3 is 1.91 bits per heavy atom. The molecule has 0 spiro atoms. The van der Waals surface area contributed by atoms with Crippen LogP contribution in [0.25, 0.3) is 0 Å². The number of nitrogens with zero attached hydrogens (tertiary/aromatic N) is 2. The van der Waals surface area contributed by atoms with E-state index in [0.717, 1.165) is 17.8 Å². The predicted molar refractivity (Wildman–Crippen MR) is 40.0 cm³/mol. The zero-order chi connectivity index (χ0) is 7.52. The van der Waals surface area contributed by atoms with E-state index in [1.165, 1.54) is 0 Å². The second-order valence-corrected chi connectivity index (χ2v) is 2.34. The van der Waals surface area contributed by atoms with Gasteiger partial charge in [-0.15, -0.1) is 0 Å². The first-order valence-corrected chi connectivity index (χ1v) is 3.41. The van der Waals surface area contributed by atoms with Crippen LogP contribution in [0, 0.1) is 0 Å². The van der Waals surface area contributed by atoms with Gasteiger partial charge >= 0.3 is 0 Å². The van der Waals surface area contributed by atoms with E-state index >= 15 is 0 Å². The molecule has 0 bridgehead atoms. The summed E-state index contributed by atoms with van der Waals surface area (Å²) in [6, 6.07) is 3.89. The van der Waals surface area contributed by atoms with Gasteiger partial charge in [0.05, 0.1) is 0 Å². The monoisotopic (exact) mass is 148 g/mol. The highest BCUT2D eigenvalue weighted by molar-refractivity contribution is 5.10. The molecule has 2 heterocycles. The SMILES string of the molecule is c1cc(Cc2ccn[nH]2)[nH]n1. The Labute approximate surface area is 63.6 Å². The van der Waals surface area contributed by atoms with Gasteiger partial charge in [0.2, 0.25) is 0 Å². The summed E-state index contributed by atoms with van der Waals surface area (Å²) in [5.41, 5.74) is 2.18. The molecule has 2 aromatic heterocycles. The summed E-state index contributed by atoms with van der Waals surface area (Å²) in [6.45, 7) is 0. The smallest absolute Gasteiger partial charge is 0.0490 e. The van der Waals surface area contributed by atoms with Crippen LogP contribution in [0.4, 0.5) is 0 Å². The maximum Gasteiger partial charge on any atom is 0.0490 e. The molecule has 0 aliphatic rings. The van der Waals surface area contributed by atoms with E-state index in [0.29, 0.717) is 0 Å². The third kappa shape index (κ3) is 1.29. The first-order valence-electron chi connectivity index (χ1n) is 3.41. The Bertz CT molecular complexity index is 263. The first kappa shape index (κ1) is 6.15. The Balaban J connectivity index is 2.14. The summed E-state index contributed by atoms with van der Waals surface area (Å²) in [5, 5.41) is 13.4. The van der Waals surface area contributed by atoms with Crippen molar-refractivity contribution in [1.82, 2.24) is 20.4 Å². The summed E-state index contributed by atoms with van der Waals surface area (Å²) < 4.78 is 0. The Morgan fingerprint density at radius 1 is 1.00 bits per heavy atom. The minimum Gasteiger partial charge on any atom is -0.282 e. The van der Waals surface area contributed by atoms with Crippen molar-refractivity contribution in [2.24, 2.45) is 0 Å². The molecule has 11 heavy (non-hydrogen) atoms. The van der Waals surface area contributed by atoms with E-state index in [-0.39, 0.29) is 0 Å². The van der Waals surface area contributed by atoms with Crippen LogP contribution in [0.2, 0.25) is 0 Å². The van der Waals surface area contributed by atoms with Crippen LogP contribution < -0.4 is 0 Å². The Kier molecular flexibility index (Phi) is 1.44. The van der Waals surface area contributed by atoms with Crippen LogP contribution in [0.15, 0.2) is 24.5 Å². The molecule has 0 aromatic carbocycles. The maximum atomic E-state index is 3.84. The quantitative estimate of drug-likeness (QED) is 0.659. The van der Waals surface area contributed by atoms with E-state index in [2.05, 4.69) is 20.4 Å². The third-order valence-corrected chi connectivity index (χ3v) is 1.50. The average Bonchev–Trinajstić information content (AvgIpc) is 2.60. The van der Waals surface area contributed by atoms with Gasteiger partial charge in [-0.25, -0.2) is 0 Å². The molecule has 4 heteroatoms. The van der Waals surface area contributed by atoms with Crippen molar-refractivity contribution in [2.45, 2.75) is 6.42 Å². The third-order valence-electron chi connectivity index (χ3n) is 1.50. The molecule has 0 atom stereocenters. The molecule has 56 valence electrons. The fourth-order valence-corrected chi connectivity index (χ4v) is 0.971. The van der Waals surface area contributed by atoms with Gasteiger partial charge in [0, 0.05) is 30.2 Å². The number of H-pyrrole nitrogens is 2. The molecule has 0 fully saturated rings. The fraction of sp³-hybridized carbons (Fsp3) is 0.143. The molecular weight excluding hydrogens is 140 g/mol. The molecule has 0 saturated carbocycles. The van der Waals surface area contributed by atoms with Crippen molar-refractivity contribution in [1.29, 1.82) is 0 Å². The largest absolute Gasteiger partial charge is 0.282 e. The van der Waals surface area contributed by atoms with Crippen molar-refractivity contribution >= 4 is 0 Å². The summed E-state index contributed by atoms with van der Waals surface area (Å²) in [7, 11) is 0. The number of aromatic nitrogens is 4. The van der Waals surface area contributed by atoms with Crippen LogP contribution in [0.1, 0.15) is 11.4 Å². The van der Waals surface area contributed by atoms with E-state index in [1.54, 1.807) is 12.4 Å². The molecule has 2 N–H and O–H groups in total.